The van der Waals surface area contributed by atoms with E-state index in [1.54, 1.807) is 21.3 Å². The van der Waals surface area contributed by atoms with Crippen molar-refractivity contribution in [2.75, 3.05) is 27.9 Å². The smallest absolute Gasteiger partial charge is 0.131 e. The molecular formula is C13H21NO3. The average Bonchev–Trinajstić information content (AvgIpc) is 2.37. The van der Waals surface area contributed by atoms with E-state index >= 15 is 0 Å². The number of hydrogen-bond acceptors (Lipinski definition) is 4. The Morgan fingerprint density at radius 2 is 1.88 bits per heavy atom. The first-order chi connectivity index (χ1) is 8.19. The molecule has 4 heteroatoms. The van der Waals surface area contributed by atoms with Crippen molar-refractivity contribution in [2.45, 2.75) is 19.4 Å². The first-order valence-corrected chi connectivity index (χ1v) is 5.62. The van der Waals surface area contributed by atoms with E-state index in [4.69, 9.17) is 19.9 Å². The van der Waals surface area contributed by atoms with Crippen molar-refractivity contribution >= 4 is 0 Å². The first kappa shape index (κ1) is 13.8. The second kappa shape index (κ2) is 6.47. The maximum atomic E-state index is 5.73. The molecule has 0 bridgehead atoms. The van der Waals surface area contributed by atoms with Crippen molar-refractivity contribution in [1.82, 2.24) is 0 Å². The summed E-state index contributed by atoms with van der Waals surface area (Å²) in [5, 5.41) is 0. The normalized spacial score (nSPS) is 12.3. The van der Waals surface area contributed by atoms with Crippen molar-refractivity contribution in [3.63, 3.8) is 0 Å². The fourth-order valence-corrected chi connectivity index (χ4v) is 1.90. The Kier molecular flexibility index (Phi) is 5.25. The van der Waals surface area contributed by atoms with Gasteiger partial charge >= 0.3 is 0 Å². The van der Waals surface area contributed by atoms with Crippen LogP contribution in [0.2, 0.25) is 0 Å². The van der Waals surface area contributed by atoms with Crippen LogP contribution in [0.1, 0.15) is 24.0 Å². The van der Waals surface area contributed by atoms with Crippen LogP contribution in [0, 0.1) is 0 Å². The zero-order valence-electron chi connectivity index (χ0n) is 10.9. The molecule has 0 radical (unpaired) electrons. The van der Waals surface area contributed by atoms with Gasteiger partial charge in [0.2, 0.25) is 0 Å². The van der Waals surface area contributed by atoms with Crippen LogP contribution in [0.25, 0.3) is 0 Å². The third kappa shape index (κ3) is 2.90. The second-order valence-corrected chi connectivity index (χ2v) is 3.94. The van der Waals surface area contributed by atoms with Gasteiger partial charge in [-0.25, -0.2) is 0 Å². The highest BCUT2D eigenvalue weighted by Gasteiger charge is 2.19. The monoisotopic (exact) mass is 239 g/mol. The van der Waals surface area contributed by atoms with Gasteiger partial charge in [-0.2, -0.15) is 0 Å². The van der Waals surface area contributed by atoms with E-state index in [9.17, 15) is 0 Å². The Balaban J connectivity index is 3.32. The van der Waals surface area contributed by atoms with Gasteiger partial charge in [-0.1, -0.05) is 6.92 Å². The summed E-state index contributed by atoms with van der Waals surface area (Å²) in [6, 6.07) is 3.88. The van der Waals surface area contributed by atoms with Crippen LogP contribution in [-0.2, 0) is 11.3 Å². The molecule has 1 unspecified atom stereocenters. The Hall–Kier alpha value is -1.26. The van der Waals surface area contributed by atoms with Crippen LogP contribution in [0.3, 0.4) is 0 Å². The molecule has 1 aromatic carbocycles. The summed E-state index contributed by atoms with van der Waals surface area (Å²) in [6.45, 7) is 3.11. The van der Waals surface area contributed by atoms with Crippen LogP contribution in [0.4, 0.5) is 0 Å². The highest BCUT2D eigenvalue weighted by molar-refractivity contribution is 5.52. The highest BCUT2D eigenvalue weighted by atomic mass is 16.5. The highest BCUT2D eigenvalue weighted by Crippen LogP contribution is 2.37. The minimum atomic E-state index is 0.178. The molecule has 0 saturated heterocycles. The van der Waals surface area contributed by atoms with E-state index in [-0.39, 0.29) is 5.92 Å². The molecule has 1 aromatic rings. The topological polar surface area (TPSA) is 53.7 Å². The van der Waals surface area contributed by atoms with Crippen LogP contribution in [0.5, 0.6) is 11.5 Å². The average molecular weight is 239 g/mol. The molecule has 0 aliphatic carbocycles. The van der Waals surface area contributed by atoms with Crippen molar-refractivity contribution in [3.8, 4) is 11.5 Å². The molecule has 0 saturated carbocycles. The van der Waals surface area contributed by atoms with E-state index in [2.05, 4.69) is 6.92 Å². The van der Waals surface area contributed by atoms with Crippen molar-refractivity contribution in [1.29, 1.82) is 0 Å². The third-order valence-corrected chi connectivity index (χ3v) is 2.81. The van der Waals surface area contributed by atoms with Gasteiger partial charge in [-0.3, -0.25) is 0 Å². The Morgan fingerprint density at radius 1 is 1.18 bits per heavy atom. The lowest BCUT2D eigenvalue weighted by atomic mass is 9.96. The zero-order valence-corrected chi connectivity index (χ0v) is 10.9. The van der Waals surface area contributed by atoms with Gasteiger partial charge in [0.25, 0.3) is 0 Å². The maximum absolute atomic E-state index is 5.73. The molecule has 2 N–H and O–H groups in total. The summed E-state index contributed by atoms with van der Waals surface area (Å²) in [6.07, 6.45) is 0. The summed E-state index contributed by atoms with van der Waals surface area (Å²) < 4.78 is 16.0. The molecule has 0 aliphatic heterocycles. The van der Waals surface area contributed by atoms with Gasteiger partial charge in [-0.15, -0.1) is 0 Å². The van der Waals surface area contributed by atoms with E-state index in [0.29, 0.717) is 13.2 Å². The summed E-state index contributed by atoms with van der Waals surface area (Å²) >= 11 is 0. The van der Waals surface area contributed by atoms with Crippen LogP contribution >= 0.6 is 0 Å². The maximum Gasteiger partial charge on any atom is 0.131 e. The van der Waals surface area contributed by atoms with Crippen molar-refractivity contribution < 1.29 is 14.2 Å². The number of benzene rings is 1. The predicted octanol–water partition coefficient (Wildman–Crippen LogP) is 1.91. The molecule has 0 fully saturated rings. The lowest BCUT2D eigenvalue weighted by Crippen LogP contribution is -2.12. The molecule has 0 spiro atoms. The molecule has 96 valence electrons. The molecule has 1 rings (SSSR count). The number of nitrogens with two attached hydrogens (primary N) is 1. The molecule has 4 nitrogen and oxygen atoms in total. The minimum Gasteiger partial charge on any atom is -0.496 e. The number of rotatable bonds is 6. The van der Waals surface area contributed by atoms with Gasteiger partial charge in [0.05, 0.1) is 20.8 Å². The second-order valence-electron chi connectivity index (χ2n) is 3.94. The van der Waals surface area contributed by atoms with Crippen LogP contribution < -0.4 is 15.2 Å². The Labute approximate surface area is 103 Å². The van der Waals surface area contributed by atoms with E-state index < -0.39 is 0 Å². The van der Waals surface area contributed by atoms with Gasteiger partial charge in [0.1, 0.15) is 11.5 Å². The predicted molar refractivity (Wildman–Crippen MR) is 67.7 cm³/mol. The summed E-state index contributed by atoms with van der Waals surface area (Å²) in [5.41, 5.74) is 7.75. The third-order valence-electron chi connectivity index (χ3n) is 2.81. The quantitative estimate of drug-likeness (QED) is 0.824. The lowest BCUT2D eigenvalue weighted by Gasteiger charge is -2.20. The zero-order chi connectivity index (χ0) is 12.8. The van der Waals surface area contributed by atoms with Crippen molar-refractivity contribution in [3.05, 3.63) is 23.3 Å². The number of ether oxygens (including phenoxy) is 3. The molecular weight excluding hydrogens is 218 g/mol. The van der Waals surface area contributed by atoms with E-state index in [1.165, 1.54) is 0 Å². The van der Waals surface area contributed by atoms with Gasteiger partial charge < -0.3 is 19.9 Å². The van der Waals surface area contributed by atoms with Gasteiger partial charge in [-0.05, 0) is 18.7 Å². The number of methoxy groups -OCH3 is 3. The molecule has 0 aromatic heterocycles. The van der Waals surface area contributed by atoms with E-state index in [1.807, 2.05) is 12.1 Å². The fraction of sp³-hybridized carbons (Fsp3) is 0.538. The van der Waals surface area contributed by atoms with Gasteiger partial charge in [0, 0.05) is 24.2 Å². The summed E-state index contributed by atoms with van der Waals surface area (Å²) in [4.78, 5) is 0. The Morgan fingerprint density at radius 3 is 2.35 bits per heavy atom. The molecule has 0 amide bonds. The SMILES string of the molecule is COCc1ccc(OC)c(C(C)CN)c1OC. The van der Waals surface area contributed by atoms with Crippen LogP contribution in [0.15, 0.2) is 12.1 Å². The Bertz CT molecular complexity index is 366. The van der Waals surface area contributed by atoms with Crippen LogP contribution in [-0.4, -0.2) is 27.9 Å². The molecule has 0 aliphatic rings. The summed E-state index contributed by atoms with van der Waals surface area (Å²) in [5.74, 6) is 1.79. The molecule has 0 heterocycles. The van der Waals surface area contributed by atoms with Crippen molar-refractivity contribution in [2.24, 2.45) is 5.73 Å². The van der Waals surface area contributed by atoms with E-state index in [0.717, 1.165) is 22.6 Å². The minimum absolute atomic E-state index is 0.178. The first-order valence-electron chi connectivity index (χ1n) is 5.62. The fourth-order valence-electron chi connectivity index (χ4n) is 1.90. The lowest BCUT2D eigenvalue weighted by molar-refractivity contribution is 0.181. The molecule has 17 heavy (non-hydrogen) atoms. The standard InChI is InChI=1S/C13H21NO3/c1-9(7-14)12-11(16-3)6-5-10(8-15-2)13(12)17-4/h5-6,9H,7-8,14H2,1-4H3. The molecule has 1 atom stereocenters. The summed E-state index contributed by atoms with van der Waals surface area (Å²) in [7, 11) is 4.97. The van der Waals surface area contributed by atoms with Gasteiger partial charge in [0.15, 0.2) is 0 Å². The number of hydrogen-bond donors (Lipinski definition) is 1. The largest absolute Gasteiger partial charge is 0.496 e.